The highest BCUT2D eigenvalue weighted by Crippen LogP contribution is 2.30. The number of hydrogen-bond donors (Lipinski definition) is 3. The first kappa shape index (κ1) is 17.5. The fourth-order valence-electron chi connectivity index (χ4n) is 2.36. The van der Waals surface area contributed by atoms with Gasteiger partial charge >= 0.3 is 6.09 Å². The van der Waals surface area contributed by atoms with Crippen LogP contribution in [0.5, 0.6) is 0 Å². The summed E-state index contributed by atoms with van der Waals surface area (Å²) in [6, 6.07) is 16.2. The standard InChI is InChI=1S/C19H17N3O3S/c20-15-8-7-14(17-2-1-9-26-17)10-16(15)22-18(23)13-5-3-12(4-6-13)11-25-19(21)24/h1-10H,11,20H2,(H2,21,24)(H,22,23). The maximum atomic E-state index is 12.5. The zero-order valence-corrected chi connectivity index (χ0v) is 14.6. The van der Waals surface area contributed by atoms with E-state index < -0.39 is 6.09 Å². The van der Waals surface area contributed by atoms with Crippen LogP contribution in [0, 0.1) is 0 Å². The topological polar surface area (TPSA) is 107 Å². The van der Waals surface area contributed by atoms with E-state index in [1.54, 1.807) is 41.7 Å². The lowest BCUT2D eigenvalue weighted by atomic mass is 10.1. The van der Waals surface area contributed by atoms with Crippen molar-refractivity contribution in [3.8, 4) is 10.4 Å². The predicted octanol–water partition coefficient (Wildman–Crippen LogP) is 3.84. The molecule has 0 saturated heterocycles. The number of rotatable bonds is 5. The molecule has 0 spiro atoms. The van der Waals surface area contributed by atoms with Gasteiger partial charge in [-0.25, -0.2) is 4.79 Å². The number of carbonyl (C=O) groups excluding carboxylic acids is 2. The summed E-state index contributed by atoms with van der Waals surface area (Å²) in [4.78, 5) is 24.2. The molecule has 0 aliphatic carbocycles. The lowest BCUT2D eigenvalue weighted by Crippen LogP contribution is -2.14. The zero-order valence-electron chi connectivity index (χ0n) is 13.8. The molecule has 1 heterocycles. The lowest BCUT2D eigenvalue weighted by molar-refractivity contribution is 0.102. The maximum Gasteiger partial charge on any atom is 0.404 e. The number of hydrogen-bond acceptors (Lipinski definition) is 5. The molecule has 6 nitrogen and oxygen atoms in total. The molecule has 0 saturated carbocycles. The molecule has 7 heteroatoms. The molecular formula is C19H17N3O3S. The Balaban J connectivity index is 1.73. The largest absolute Gasteiger partial charge is 0.445 e. The summed E-state index contributed by atoms with van der Waals surface area (Å²) in [5.41, 5.74) is 14.2. The van der Waals surface area contributed by atoms with Crippen molar-refractivity contribution in [2.45, 2.75) is 6.61 Å². The van der Waals surface area contributed by atoms with Crippen LogP contribution in [0.25, 0.3) is 10.4 Å². The minimum Gasteiger partial charge on any atom is -0.445 e. The van der Waals surface area contributed by atoms with Crippen LogP contribution < -0.4 is 16.8 Å². The van der Waals surface area contributed by atoms with Gasteiger partial charge in [0.25, 0.3) is 5.91 Å². The normalized spacial score (nSPS) is 10.3. The van der Waals surface area contributed by atoms with Gasteiger partial charge in [-0.1, -0.05) is 24.3 Å². The van der Waals surface area contributed by atoms with Crippen LogP contribution in [-0.4, -0.2) is 12.0 Å². The summed E-state index contributed by atoms with van der Waals surface area (Å²) in [6.45, 7) is 0.0625. The van der Waals surface area contributed by atoms with Gasteiger partial charge in [0.2, 0.25) is 0 Å². The third-order valence-corrected chi connectivity index (χ3v) is 4.62. The molecule has 0 aliphatic heterocycles. The van der Waals surface area contributed by atoms with Gasteiger partial charge in [-0.3, -0.25) is 4.79 Å². The Morgan fingerprint density at radius 1 is 1.08 bits per heavy atom. The maximum absolute atomic E-state index is 12.5. The third kappa shape index (κ3) is 4.20. The lowest BCUT2D eigenvalue weighted by Gasteiger charge is -2.10. The van der Waals surface area contributed by atoms with Gasteiger partial charge in [0, 0.05) is 10.4 Å². The Hall–Kier alpha value is -3.32. The van der Waals surface area contributed by atoms with Crippen molar-refractivity contribution < 1.29 is 14.3 Å². The number of primary amides is 1. The average molecular weight is 367 g/mol. The van der Waals surface area contributed by atoms with E-state index in [1.165, 1.54) is 0 Å². The van der Waals surface area contributed by atoms with Crippen LogP contribution in [0.2, 0.25) is 0 Å². The highest BCUT2D eigenvalue weighted by Gasteiger charge is 2.10. The van der Waals surface area contributed by atoms with E-state index in [-0.39, 0.29) is 12.5 Å². The van der Waals surface area contributed by atoms with E-state index >= 15 is 0 Å². The fourth-order valence-corrected chi connectivity index (χ4v) is 3.09. The molecule has 132 valence electrons. The van der Waals surface area contributed by atoms with Gasteiger partial charge in [0.15, 0.2) is 0 Å². The van der Waals surface area contributed by atoms with Crippen molar-refractivity contribution in [1.82, 2.24) is 0 Å². The Labute approximate surface area is 154 Å². The van der Waals surface area contributed by atoms with Crippen molar-refractivity contribution >= 4 is 34.7 Å². The second-order valence-corrected chi connectivity index (χ2v) is 6.49. The molecule has 0 atom stereocenters. The highest BCUT2D eigenvalue weighted by molar-refractivity contribution is 7.13. The summed E-state index contributed by atoms with van der Waals surface area (Å²) < 4.78 is 4.71. The number of amides is 2. The van der Waals surface area contributed by atoms with Crippen molar-refractivity contribution in [2.24, 2.45) is 5.73 Å². The van der Waals surface area contributed by atoms with Crippen LogP contribution in [-0.2, 0) is 11.3 Å². The van der Waals surface area contributed by atoms with Crippen molar-refractivity contribution in [2.75, 3.05) is 11.1 Å². The van der Waals surface area contributed by atoms with Gasteiger partial charge in [0.1, 0.15) is 6.61 Å². The number of nitrogen functional groups attached to an aromatic ring is 1. The van der Waals surface area contributed by atoms with Crippen LogP contribution >= 0.6 is 11.3 Å². The smallest absolute Gasteiger partial charge is 0.404 e. The zero-order chi connectivity index (χ0) is 18.5. The summed E-state index contributed by atoms with van der Waals surface area (Å²) in [5.74, 6) is -0.276. The molecular weight excluding hydrogens is 350 g/mol. The molecule has 2 aromatic carbocycles. The first-order chi connectivity index (χ1) is 12.5. The first-order valence-electron chi connectivity index (χ1n) is 7.79. The van der Waals surface area contributed by atoms with Crippen LogP contribution in [0.3, 0.4) is 0 Å². The number of carbonyl (C=O) groups is 2. The van der Waals surface area contributed by atoms with Gasteiger partial charge < -0.3 is 21.5 Å². The third-order valence-electron chi connectivity index (χ3n) is 3.70. The van der Waals surface area contributed by atoms with Gasteiger partial charge in [0.05, 0.1) is 11.4 Å². The molecule has 2 amide bonds. The molecule has 26 heavy (non-hydrogen) atoms. The molecule has 1 aromatic heterocycles. The average Bonchev–Trinajstić information content (AvgIpc) is 3.17. The summed E-state index contributed by atoms with van der Waals surface area (Å²) in [7, 11) is 0. The minimum absolute atomic E-state index is 0.0625. The van der Waals surface area contributed by atoms with E-state index in [1.807, 2.05) is 29.6 Å². The van der Waals surface area contributed by atoms with E-state index in [0.717, 1.165) is 16.0 Å². The fraction of sp³-hybridized carbons (Fsp3) is 0.0526. The van der Waals surface area contributed by atoms with Gasteiger partial charge in [-0.2, -0.15) is 0 Å². The monoisotopic (exact) mass is 367 g/mol. The van der Waals surface area contributed by atoms with E-state index in [0.29, 0.717) is 16.9 Å². The second-order valence-electron chi connectivity index (χ2n) is 5.54. The van der Waals surface area contributed by atoms with Crippen LogP contribution in [0.15, 0.2) is 60.0 Å². The molecule has 3 aromatic rings. The quantitative estimate of drug-likeness (QED) is 0.595. The van der Waals surface area contributed by atoms with E-state index in [2.05, 4.69) is 5.32 Å². The molecule has 0 unspecified atom stereocenters. The molecule has 0 aliphatic rings. The Bertz CT molecular complexity index is 922. The molecule has 0 bridgehead atoms. The minimum atomic E-state index is -0.840. The number of nitrogens with two attached hydrogens (primary N) is 2. The Morgan fingerprint density at radius 3 is 2.50 bits per heavy atom. The molecule has 0 radical (unpaired) electrons. The van der Waals surface area contributed by atoms with Gasteiger partial charge in [-0.15, -0.1) is 11.3 Å². The number of anilines is 2. The van der Waals surface area contributed by atoms with E-state index in [9.17, 15) is 9.59 Å². The summed E-state index contributed by atoms with van der Waals surface area (Å²) >= 11 is 1.62. The molecule has 5 N–H and O–H groups in total. The Kier molecular flexibility index (Phi) is 5.19. The molecule has 3 rings (SSSR count). The summed E-state index contributed by atoms with van der Waals surface area (Å²) in [6.07, 6.45) is -0.840. The van der Waals surface area contributed by atoms with Crippen molar-refractivity contribution in [3.05, 3.63) is 71.1 Å². The van der Waals surface area contributed by atoms with Crippen molar-refractivity contribution in [3.63, 3.8) is 0 Å². The highest BCUT2D eigenvalue weighted by atomic mass is 32.1. The molecule has 0 fully saturated rings. The number of thiophene rings is 1. The van der Waals surface area contributed by atoms with Crippen LogP contribution in [0.1, 0.15) is 15.9 Å². The second kappa shape index (κ2) is 7.71. The SMILES string of the molecule is NC(=O)OCc1ccc(C(=O)Nc2cc(-c3cccs3)ccc2N)cc1. The summed E-state index contributed by atoms with van der Waals surface area (Å²) in [5, 5.41) is 4.83. The van der Waals surface area contributed by atoms with Crippen molar-refractivity contribution in [1.29, 1.82) is 0 Å². The number of benzene rings is 2. The number of nitrogens with one attached hydrogen (secondary N) is 1. The van der Waals surface area contributed by atoms with Crippen LogP contribution in [0.4, 0.5) is 16.2 Å². The van der Waals surface area contributed by atoms with Gasteiger partial charge in [-0.05, 0) is 46.8 Å². The number of ether oxygens (including phenoxy) is 1. The van der Waals surface area contributed by atoms with E-state index in [4.69, 9.17) is 16.2 Å². The predicted molar refractivity (Wildman–Crippen MR) is 103 cm³/mol. The first-order valence-corrected chi connectivity index (χ1v) is 8.67. The Morgan fingerprint density at radius 2 is 1.85 bits per heavy atom.